The lowest BCUT2D eigenvalue weighted by atomic mass is 9.95. The van der Waals surface area contributed by atoms with Crippen molar-refractivity contribution in [2.45, 2.75) is 20.8 Å². The van der Waals surface area contributed by atoms with E-state index in [1.54, 1.807) is 42.5 Å². The molecule has 2 aromatic rings. The van der Waals surface area contributed by atoms with E-state index in [0.29, 0.717) is 28.4 Å². The Bertz CT molecular complexity index is 952. The van der Waals surface area contributed by atoms with Crippen LogP contribution in [0, 0.1) is 5.41 Å². The molecule has 0 aromatic heterocycles. The number of methoxy groups -OCH3 is 2. The van der Waals surface area contributed by atoms with Gasteiger partial charge in [0.05, 0.1) is 19.9 Å². The highest BCUT2D eigenvalue weighted by Crippen LogP contribution is 2.34. The third kappa shape index (κ3) is 6.90. The molecule has 172 valence electrons. The molecule has 0 heterocycles. The molecule has 0 saturated carbocycles. The molecule has 9 nitrogen and oxygen atoms in total. The van der Waals surface area contributed by atoms with Gasteiger partial charge in [-0.05, 0) is 36.4 Å². The Balaban J connectivity index is 1.79. The molecule has 0 aliphatic rings. The van der Waals surface area contributed by atoms with Gasteiger partial charge in [-0.15, -0.1) is 0 Å². The first-order valence-electron chi connectivity index (χ1n) is 10.1. The van der Waals surface area contributed by atoms with E-state index in [2.05, 4.69) is 21.3 Å². The van der Waals surface area contributed by atoms with Gasteiger partial charge in [0.15, 0.2) is 11.5 Å². The zero-order valence-electron chi connectivity index (χ0n) is 19.0. The average Bonchev–Trinajstić information content (AvgIpc) is 2.76. The minimum Gasteiger partial charge on any atom is -0.493 e. The summed E-state index contributed by atoms with van der Waals surface area (Å²) in [5.74, 6) is 0.531. The average molecular weight is 443 g/mol. The molecule has 4 amide bonds. The lowest BCUT2D eigenvalue weighted by molar-refractivity contribution is -0.123. The first kappa shape index (κ1) is 24.5. The van der Waals surface area contributed by atoms with Crippen LogP contribution in [-0.4, -0.2) is 45.2 Å². The molecule has 0 bridgehead atoms. The standard InChI is InChI=1S/C23H30N4O5/c1-23(2,3)21(29)26-16-11-9-15(10-12-16)20(28)24-13-14-25-22(30)27-17-7-6-8-18(31-4)19(17)32-5/h6-12H,13-14H2,1-5H3,(H,24,28)(H,26,29)(H2,25,27,30). The molecule has 0 aliphatic carbocycles. The van der Waals surface area contributed by atoms with Crippen molar-refractivity contribution in [1.82, 2.24) is 10.6 Å². The van der Waals surface area contributed by atoms with Gasteiger partial charge < -0.3 is 30.7 Å². The van der Waals surface area contributed by atoms with Gasteiger partial charge >= 0.3 is 6.03 Å². The molecule has 0 radical (unpaired) electrons. The summed E-state index contributed by atoms with van der Waals surface area (Å²) < 4.78 is 10.5. The van der Waals surface area contributed by atoms with Gasteiger partial charge in [0.25, 0.3) is 5.91 Å². The number of carbonyl (C=O) groups is 3. The minimum absolute atomic E-state index is 0.106. The molecule has 2 aromatic carbocycles. The molecule has 4 N–H and O–H groups in total. The van der Waals surface area contributed by atoms with Crippen molar-refractivity contribution in [3.05, 3.63) is 48.0 Å². The maximum Gasteiger partial charge on any atom is 0.319 e. The number of nitrogens with one attached hydrogen (secondary N) is 4. The van der Waals surface area contributed by atoms with Crippen molar-refractivity contribution >= 4 is 29.2 Å². The first-order valence-corrected chi connectivity index (χ1v) is 10.1. The molecule has 0 aliphatic heterocycles. The molecule has 0 fully saturated rings. The first-order chi connectivity index (χ1) is 15.2. The van der Waals surface area contributed by atoms with Gasteiger partial charge in [-0.2, -0.15) is 0 Å². The Morgan fingerprint density at radius 2 is 1.50 bits per heavy atom. The third-order valence-electron chi connectivity index (χ3n) is 4.43. The fourth-order valence-corrected chi connectivity index (χ4v) is 2.63. The zero-order valence-corrected chi connectivity index (χ0v) is 19.0. The summed E-state index contributed by atoms with van der Waals surface area (Å²) >= 11 is 0. The second kappa shape index (κ2) is 11.0. The van der Waals surface area contributed by atoms with Gasteiger partial charge in [-0.3, -0.25) is 9.59 Å². The number of carbonyl (C=O) groups excluding carboxylic acids is 3. The minimum atomic E-state index is -0.507. The van der Waals surface area contributed by atoms with Crippen molar-refractivity contribution < 1.29 is 23.9 Å². The van der Waals surface area contributed by atoms with E-state index < -0.39 is 11.4 Å². The van der Waals surface area contributed by atoms with E-state index >= 15 is 0 Å². The molecular formula is C23H30N4O5. The molecule has 2 rings (SSSR count). The van der Waals surface area contributed by atoms with Crippen molar-refractivity contribution in [2.75, 3.05) is 37.9 Å². The highest BCUT2D eigenvalue weighted by atomic mass is 16.5. The maximum atomic E-state index is 12.3. The van der Waals surface area contributed by atoms with Crippen molar-refractivity contribution in [3.8, 4) is 11.5 Å². The van der Waals surface area contributed by atoms with Crippen LogP contribution in [0.3, 0.4) is 0 Å². The lowest BCUT2D eigenvalue weighted by Crippen LogP contribution is -2.36. The van der Waals surface area contributed by atoms with Crippen LogP contribution in [0.5, 0.6) is 11.5 Å². The summed E-state index contributed by atoms with van der Waals surface area (Å²) in [5.41, 5.74) is 1.02. The van der Waals surface area contributed by atoms with Gasteiger partial charge in [-0.1, -0.05) is 26.8 Å². The van der Waals surface area contributed by atoms with Crippen LogP contribution in [-0.2, 0) is 4.79 Å². The highest BCUT2D eigenvalue weighted by Gasteiger charge is 2.21. The number of rotatable bonds is 8. The Kier molecular flexibility index (Phi) is 8.46. The number of anilines is 2. The molecule has 0 spiro atoms. The van der Waals surface area contributed by atoms with Crippen molar-refractivity contribution in [2.24, 2.45) is 5.41 Å². The number of para-hydroxylation sites is 1. The van der Waals surface area contributed by atoms with Crippen LogP contribution in [0.2, 0.25) is 0 Å². The molecule has 9 heteroatoms. The zero-order chi connectivity index (χ0) is 23.7. The van der Waals surface area contributed by atoms with Gasteiger partial charge in [-0.25, -0.2) is 4.79 Å². The quantitative estimate of drug-likeness (QED) is 0.468. The van der Waals surface area contributed by atoms with E-state index in [1.807, 2.05) is 20.8 Å². The normalized spacial score (nSPS) is 10.7. The van der Waals surface area contributed by atoms with Gasteiger partial charge in [0, 0.05) is 29.8 Å². The summed E-state index contributed by atoms with van der Waals surface area (Å²) in [6.45, 7) is 5.94. The Morgan fingerprint density at radius 1 is 0.844 bits per heavy atom. The topological polar surface area (TPSA) is 118 Å². The molecule has 32 heavy (non-hydrogen) atoms. The second-order valence-electron chi connectivity index (χ2n) is 7.96. The van der Waals surface area contributed by atoms with E-state index in [0.717, 1.165) is 0 Å². The Hall–Kier alpha value is -3.75. The van der Waals surface area contributed by atoms with Crippen LogP contribution in [0.25, 0.3) is 0 Å². The van der Waals surface area contributed by atoms with E-state index in [1.165, 1.54) is 14.2 Å². The third-order valence-corrected chi connectivity index (χ3v) is 4.43. The van der Waals surface area contributed by atoms with Gasteiger partial charge in [0.1, 0.15) is 0 Å². The van der Waals surface area contributed by atoms with Gasteiger partial charge in [0.2, 0.25) is 5.91 Å². The molecule has 0 saturated heterocycles. The van der Waals surface area contributed by atoms with Crippen LogP contribution in [0.15, 0.2) is 42.5 Å². The van der Waals surface area contributed by atoms with Crippen molar-refractivity contribution in [1.29, 1.82) is 0 Å². The van der Waals surface area contributed by atoms with Crippen LogP contribution in [0.1, 0.15) is 31.1 Å². The predicted molar refractivity (Wildman–Crippen MR) is 123 cm³/mol. The summed E-state index contributed by atoms with van der Waals surface area (Å²) in [6.07, 6.45) is 0. The maximum absolute atomic E-state index is 12.3. The molecular weight excluding hydrogens is 412 g/mol. The number of hydrogen-bond donors (Lipinski definition) is 4. The number of amides is 4. The predicted octanol–water partition coefficient (Wildman–Crippen LogP) is 3.24. The van der Waals surface area contributed by atoms with Crippen molar-refractivity contribution in [3.63, 3.8) is 0 Å². The van der Waals surface area contributed by atoms with E-state index in [4.69, 9.17) is 9.47 Å². The fourth-order valence-electron chi connectivity index (χ4n) is 2.63. The number of urea groups is 1. The monoisotopic (exact) mass is 442 g/mol. The second-order valence-corrected chi connectivity index (χ2v) is 7.96. The summed E-state index contributed by atoms with van der Waals surface area (Å²) in [6, 6.07) is 11.3. The number of hydrogen-bond acceptors (Lipinski definition) is 5. The Labute approximate surface area is 187 Å². The lowest BCUT2D eigenvalue weighted by Gasteiger charge is -2.17. The summed E-state index contributed by atoms with van der Waals surface area (Å²) in [7, 11) is 3.00. The SMILES string of the molecule is COc1cccc(NC(=O)NCCNC(=O)c2ccc(NC(=O)C(C)(C)C)cc2)c1OC. The fraction of sp³-hybridized carbons (Fsp3) is 0.348. The Morgan fingerprint density at radius 3 is 2.09 bits per heavy atom. The number of benzene rings is 2. The van der Waals surface area contributed by atoms with E-state index in [9.17, 15) is 14.4 Å². The smallest absolute Gasteiger partial charge is 0.319 e. The number of ether oxygens (including phenoxy) is 2. The molecule has 0 unspecified atom stereocenters. The largest absolute Gasteiger partial charge is 0.493 e. The molecule has 0 atom stereocenters. The van der Waals surface area contributed by atoms with Crippen LogP contribution >= 0.6 is 0 Å². The highest BCUT2D eigenvalue weighted by molar-refractivity contribution is 5.97. The van der Waals surface area contributed by atoms with Crippen LogP contribution < -0.4 is 30.7 Å². The summed E-state index contributed by atoms with van der Waals surface area (Å²) in [4.78, 5) is 36.4. The summed E-state index contributed by atoms with van der Waals surface area (Å²) in [5, 5.41) is 10.9. The van der Waals surface area contributed by atoms with Crippen LogP contribution in [0.4, 0.5) is 16.2 Å². The van der Waals surface area contributed by atoms with E-state index in [-0.39, 0.29) is 24.9 Å².